The molecule has 8 rings (SSSR count). The molecule has 1 aromatic heterocycles. The Bertz CT molecular complexity index is 2190. The number of nitro benzene ring substituents is 1. The van der Waals surface area contributed by atoms with Gasteiger partial charge in [0.25, 0.3) is 11.6 Å². The number of H-pyrrole nitrogens is 1. The molecule has 4 aliphatic rings. The number of thioether (sulfide) groups is 1. The molecule has 2 aliphatic carbocycles. The van der Waals surface area contributed by atoms with Crippen LogP contribution >= 0.6 is 34.7 Å². The third-order valence-corrected chi connectivity index (χ3v) is 13.0. The fraction of sp³-hybridized carbons (Fsp3) is 0.294. The molecule has 2 aliphatic heterocycles. The number of benzene rings is 3. The molecule has 262 valence electrons. The van der Waals surface area contributed by atoms with E-state index < -0.39 is 46.9 Å². The van der Waals surface area contributed by atoms with Crippen molar-refractivity contribution in [2.75, 3.05) is 16.8 Å². The van der Waals surface area contributed by atoms with Crippen LogP contribution in [0.3, 0.4) is 0 Å². The number of rotatable bonds is 7. The van der Waals surface area contributed by atoms with E-state index in [-0.39, 0.29) is 62.5 Å². The van der Waals surface area contributed by atoms with Gasteiger partial charge in [0, 0.05) is 44.5 Å². The van der Waals surface area contributed by atoms with Crippen molar-refractivity contribution < 1.29 is 37.2 Å². The number of fused-ring (bicyclic) bond motifs is 9. The summed E-state index contributed by atoms with van der Waals surface area (Å²) in [6.07, 6.45) is -4.00. The SMILES string of the molecule is O=C(COc1ccc(Cl)cc1[C@@H]1c2sc(=O)[nH]c2S[C@@H]2[C@@H]3C[C@@H]([C@@H]4C(=O)N(c5ccc([N+](=O)[O-])cc5)C(=O)[C@@H]34)[C@H]12)Nc1cccc(C(F)(F)F)c1. The second-order valence-corrected chi connectivity index (χ2v) is 15.5. The minimum absolute atomic E-state index is 0.0567. The standard InChI is InChI=1S/C34H24ClF3N4O7S2/c35-15-4-9-22(49-13-23(43)39-16-3-1-2-14(10-16)34(36,37)38)19(11-15)24-25-20-12-21(28(25)50-30-29(24)51-33(46)40-30)27-26(20)31(44)41(32(27)45)17-5-7-18(8-6-17)42(47)48/h1-11,20-21,24-28H,12-13H2,(H,39,43)(H,40,46)/t20-,21-,24+,25-,26+,27+,28-/m1/s1. The summed E-state index contributed by atoms with van der Waals surface area (Å²) in [7, 11) is 0. The maximum atomic E-state index is 14.1. The van der Waals surface area contributed by atoms with E-state index in [2.05, 4.69) is 10.3 Å². The number of non-ortho nitro benzene ring substituents is 1. The lowest BCUT2D eigenvalue weighted by Gasteiger charge is -2.43. The molecule has 3 fully saturated rings. The molecule has 2 saturated carbocycles. The predicted molar refractivity (Wildman–Crippen MR) is 181 cm³/mol. The lowest BCUT2D eigenvalue weighted by atomic mass is 9.68. The van der Waals surface area contributed by atoms with Crippen molar-refractivity contribution >= 4 is 69.5 Å². The molecular weight excluding hydrogens is 733 g/mol. The molecule has 0 spiro atoms. The Morgan fingerprint density at radius 1 is 1.04 bits per heavy atom. The number of thiazole rings is 1. The van der Waals surface area contributed by atoms with E-state index in [0.29, 0.717) is 26.9 Å². The highest BCUT2D eigenvalue weighted by Crippen LogP contribution is 2.69. The third kappa shape index (κ3) is 5.60. The van der Waals surface area contributed by atoms with Crippen molar-refractivity contribution in [2.24, 2.45) is 29.6 Å². The molecule has 3 heterocycles. The molecule has 4 aromatic rings. The van der Waals surface area contributed by atoms with Gasteiger partial charge in [0.2, 0.25) is 11.8 Å². The molecule has 2 bridgehead atoms. The number of carbonyl (C=O) groups excluding carboxylic acids is 3. The summed E-state index contributed by atoms with van der Waals surface area (Å²) in [6.45, 7) is -0.551. The monoisotopic (exact) mass is 756 g/mol. The number of nitrogens with zero attached hydrogens (tertiary/aromatic N) is 2. The number of nitrogens with one attached hydrogen (secondary N) is 2. The Balaban J connectivity index is 1.11. The maximum Gasteiger partial charge on any atom is 0.416 e. The van der Waals surface area contributed by atoms with Crippen LogP contribution in [0.5, 0.6) is 5.75 Å². The van der Waals surface area contributed by atoms with Crippen LogP contribution in [-0.4, -0.2) is 39.5 Å². The van der Waals surface area contributed by atoms with Crippen LogP contribution in [0.4, 0.5) is 30.2 Å². The largest absolute Gasteiger partial charge is 0.483 e. The number of aromatic nitrogens is 1. The zero-order valence-corrected chi connectivity index (χ0v) is 28.3. The second kappa shape index (κ2) is 12.2. The van der Waals surface area contributed by atoms with Crippen LogP contribution in [0.1, 0.15) is 28.3 Å². The predicted octanol–water partition coefficient (Wildman–Crippen LogP) is 6.71. The number of hydrogen-bond acceptors (Lipinski definition) is 9. The Morgan fingerprint density at radius 2 is 1.76 bits per heavy atom. The molecule has 3 aromatic carbocycles. The van der Waals surface area contributed by atoms with Crippen molar-refractivity contribution in [2.45, 2.75) is 28.8 Å². The molecule has 3 amide bonds. The van der Waals surface area contributed by atoms with Crippen molar-refractivity contribution in [1.29, 1.82) is 0 Å². The highest BCUT2D eigenvalue weighted by Gasteiger charge is 2.70. The first kappa shape index (κ1) is 33.5. The van der Waals surface area contributed by atoms with Gasteiger partial charge in [-0.2, -0.15) is 13.2 Å². The van der Waals surface area contributed by atoms with E-state index in [9.17, 15) is 42.5 Å². The Hall–Kier alpha value is -4.67. The topological polar surface area (TPSA) is 152 Å². The van der Waals surface area contributed by atoms with E-state index in [1.807, 2.05) is 0 Å². The zero-order chi connectivity index (χ0) is 35.9. The van der Waals surface area contributed by atoms with Gasteiger partial charge in [0.15, 0.2) is 6.61 Å². The summed E-state index contributed by atoms with van der Waals surface area (Å²) in [4.78, 5) is 68.7. The number of halogens is 4. The van der Waals surface area contributed by atoms with E-state index in [1.165, 1.54) is 48.2 Å². The first-order valence-electron chi connectivity index (χ1n) is 15.7. The minimum Gasteiger partial charge on any atom is -0.483 e. The van der Waals surface area contributed by atoms with E-state index in [0.717, 1.165) is 28.4 Å². The second-order valence-electron chi connectivity index (χ2n) is 12.8. The summed E-state index contributed by atoms with van der Waals surface area (Å²) < 4.78 is 45.6. The molecule has 0 unspecified atom stereocenters. The average molecular weight is 757 g/mol. The van der Waals surface area contributed by atoms with Gasteiger partial charge in [-0.3, -0.25) is 34.2 Å². The number of alkyl halides is 3. The quantitative estimate of drug-likeness (QED) is 0.120. The Morgan fingerprint density at radius 3 is 2.47 bits per heavy atom. The fourth-order valence-corrected chi connectivity index (χ4v) is 11.4. The number of amides is 3. The Labute approximate surface area is 299 Å². The molecule has 51 heavy (non-hydrogen) atoms. The van der Waals surface area contributed by atoms with E-state index >= 15 is 0 Å². The van der Waals surface area contributed by atoms with Crippen LogP contribution in [-0.2, 0) is 20.6 Å². The van der Waals surface area contributed by atoms with Gasteiger partial charge in [0.05, 0.1) is 33.0 Å². The van der Waals surface area contributed by atoms with Crippen LogP contribution in [0.15, 0.2) is 76.6 Å². The van der Waals surface area contributed by atoms with Crippen molar-refractivity contribution in [3.8, 4) is 5.75 Å². The molecule has 7 atom stereocenters. The number of nitro groups is 1. The highest BCUT2D eigenvalue weighted by molar-refractivity contribution is 8.00. The van der Waals surface area contributed by atoms with Gasteiger partial charge in [-0.05, 0) is 72.7 Å². The zero-order valence-electron chi connectivity index (χ0n) is 25.9. The lowest BCUT2D eigenvalue weighted by Crippen LogP contribution is -2.42. The van der Waals surface area contributed by atoms with E-state index in [4.69, 9.17) is 16.3 Å². The smallest absolute Gasteiger partial charge is 0.416 e. The van der Waals surface area contributed by atoms with Crippen molar-refractivity contribution in [1.82, 2.24) is 4.98 Å². The van der Waals surface area contributed by atoms with Crippen molar-refractivity contribution in [3.05, 3.63) is 108 Å². The normalized spacial score (nSPS) is 26.1. The number of hydrogen-bond donors (Lipinski definition) is 2. The Kier molecular flexibility index (Phi) is 8.03. The van der Waals surface area contributed by atoms with Gasteiger partial charge >= 0.3 is 11.0 Å². The van der Waals surface area contributed by atoms with Gasteiger partial charge < -0.3 is 15.0 Å². The molecule has 2 N–H and O–H groups in total. The summed E-state index contributed by atoms with van der Waals surface area (Å²) in [6, 6.07) is 14.3. The number of aromatic amines is 1. The van der Waals surface area contributed by atoms with Crippen molar-refractivity contribution in [3.63, 3.8) is 0 Å². The molecule has 0 radical (unpaired) electrons. The van der Waals surface area contributed by atoms with Gasteiger partial charge in [-0.25, -0.2) is 0 Å². The first-order valence-corrected chi connectivity index (χ1v) is 17.8. The summed E-state index contributed by atoms with van der Waals surface area (Å²) >= 11 is 9.01. The first-order chi connectivity index (χ1) is 24.3. The molecule has 11 nitrogen and oxygen atoms in total. The number of anilines is 2. The number of carbonyl (C=O) groups is 3. The average Bonchev–Trinajstić information content (AvgIpc) is 3.82. The van der Waals surface area contributed by atoms with Crippen LogP contribution in [0.2, 0.25) is 5.02 Å². The van der Waals surface area contributed by atoms with Crippen LogP contribution < -0.4 is 19.8 Å². The molecule has 17 heteroatoms. The van der Waals surface area contributed by atoms with Crippen LogP contribution in [0, 0.1) is 39.7 Å². The molecule has 1 saturated heterocycles. The fourth-order valence-electron chi connectivity index (χ4n) is 8.35. The number of imide groups is 1. The van der Waals surface area contributed by atoms with E-state index in [1.54, 1.807) is 18.2 Å². The highest BCUT2D eigenvalue weighted by atomic mass is 35.5. The van der Waals surface area contributed by atoms with Crippen LogP contribution in [0.25, 0.3) is 0 Å². The van der Waals surface area contributed by atoms with Gasteiger partial charge in [-0.15, -0.1) is 11.8 Å². The summed E-state index contributed by atoms with van der Waals surface area (Å²) in [5.41, 5.74) is -0.322. The summed E-state index contributed by atoms with van der Waals surface area (Å²) in [5.74, 6) is -3.67. The van der Waals surface area contributed by atoms with Gasteiger partial charge in [-0.1, -0.05) is 29.0 Å². The third-order valence-electron chi connectivity index (χ3n) is 10.2. The number of ether oxygens (including phenoxy) is 1. The minimum atomic E-state index is -4.59. The summed E-state index contributed by atoms with van der Waals surface area (Å²) in [5, 5.41) is 14.4. The molecular formula is C34H24ClF3N4O7S2. The maximum absolute atomic E-state index is 14.1. The lowest BCUT2D eigenvalue weighted by molar-refractivity contribution is -0.384. The van der Waals surface area contributed by atoms with Gasteiger partial charge in [0.1, 0.15) is 5.75 Å².